The molecule has 84 valence electrons. The van der Waals surface area contributed by atoms with Gasteiger partial charge in [0.1, 0.15) is 0 Å². The fraction of sp³-hybridized carbons (Fsp3) is 0.500. The van der Waals surface area contributed by atoms with E-state index in [2.05, 4.69) is 5.32 Å². The first-order valence-electron chi connectivity index (χ1n) is 5.23. The maximum absolute atomic E-state index is 12.1. The number of hydrogen-bond donors (Lipinski definition) is 1. The van der Waals surface area contributed by atoms with Crippen molar-refractivity contribution in [1.82, 2.24) is 5.32 Å². The maximum Gasteiger partial charge on any atom is 0.242 e. The monoisotopic (exact) mass is 213 g/mol. The van der Waals surface area contributed by atoms with Crippen molar-refractivity contribution in [1.29, 1.82) is 0 Å². The summed E-state index contributed by atoms with van der Waals surface area (Å²) in [7, 11) is 1.92. The van der Waals surface area contributed by atoms with Crippen molar-refractivity contribution in [3.8, 4) is 0 Å². The summed E-state index contributed by atoms with van der Waals surface area (Å²) in [6, 6.07) is 7.46. The molecule has 0 heterocycles. The van der Waals surface area contributed by atoms with E-state index >= 15 is 0 Å². The molecule has 0 aliphatic carbocycles. The van der Waals surface area contributed by atoms with Gasteiger partial charge in [0.25, 0.3) is 0 Å². The average molecular weight is 213 g/mol. The molecule has 0 saturated heterocycles. The van der Waals surface area contributed by atoms with Crippen LogP contribution in [0.25, 0.3) is 0 Å². The third-order valence-corrected chi connectivity index (χ3v) is 2.31. The molecular weight excluding hydrogens is 196 g/mol. The van der Waals surface area contributed by atoms with Crippen LogP contribution in [0, 0.1) is 0 Å². The van der Waals surface area contributed by atoms with Crippen LogP contribution in [0.5, 0.6) is 0 Å². The van der Waals surface area contributed by atoms with Crippen molar-refractivity contribution in [2.24, 2.45) is 0 Å². The summed E-state index contributed by atoms with van der Waals surface area (Å²) in [4.78, 5) is 0. The molecule has 0 amide bonds. The van der Waals surface area contributed by atoms with Gasteiger partial charge in [0.05, 0.1) is 0 Å². The van der Waals surface area contributed by atoms with Gasteiger partial charge in [-0.05, 0) is 37.6 Å². The predicted octanol–water partition coefficient (Wildman–Crippen LogP) is 2.65. The number of rotatable bonds is 6. The lowest BCUT2D eigenvalue weighted by Gasteiger charge is -2.03. The minimum absolute atomic E-state index is 0.142. The van der Waals surface area contributed by atoms with Gasteiger partial charge in [-0.15, -0.1) is 0 Å². The van der Waals surface area contributed by atoms with E-state index in [1.165, 1.54) is 5.56 Å². The van der Waals surface area contributed by atoms with Crippen LogP contribution in [0.1, 0.15) is 17.5 Å². The molecular formula is C12H17F2N. The van der Waals surface area contributed by atoms with Gasteiger partial charge in [0.15, 0.2) is 0 Å². The van der Waals surface area contributed by atoms with Gasteiger partial charge in [-0.25, -0.2) is 8.78 Å². The first-order valence-corrected chi connectivity index (χ1v) is 5.23. The van der Waals surface area contributed by atoms with Crippen LogP contribution in [0.15, 0.2) is 24.3 Å². The summed E-state index contributed by atoms with van der Waals surface area (Å²) < 4.78 is 24.1. The van der Waals surface area contributed by atoms with Gasteiger partial charge in [0.2, 0.25) is 6.43 Å². The van der Waals surface area contributed by atoms with E-state index in [1.54, 1.807) is 12.1 Å². The highest BCUT2D eigenvalue weighted by molar-refractivity contribution is 5.22. The highest BCUT2D eigenvalue weighted by atomic mass is 19.3. The molecule has 0 saturated carbocycles. The van der Waals surface area contributed by atoms with Crippen molar-refractivity contribution in [3.05, 3.63) is 35.4 Å². The Morgan fingerprint density at radius 2 is 1.73 bits per heavy atom. The van der Waals surface area contributed by atoms with Crippen LogP contribution in [0.2, 0.25) is 0 Å². The number of halogens is 2. The molecule has 1 aromatic rings. The van der Waals surface area contributed by atoms with Crippen LogP contribution >= 0.6 is 0 Å². The zero-order chi connectivity index (χ0) is 11.1. The third kappa shape index (κ3) is 4.88. The molecule has 1 aromatic carbocycles. The summed E-state index contributed by atoms with van der Waals surface area (Å²) in [6.07, 6.45) is -0.322. The summed E-state index contributed by atoms with van der Waals surface area (Å²) >= 11 is 0. The molecule has 1 nitrogen and oxygen atoms in total. The number of benzene rings is 1. The minimum Gasteiger partial charge on any atom is -0.320 e. The lowest BCUT2D eigenvalue weighted by atomic mass is 10.1. The highest BCUT2D eigenvalue weighted by Gasteiger charge is 2.03. The van der Waals surface area contributed by atoms with E-state index < -0.39 is 6.43 Å². The Bertz CT molecular complexity index is 269. The van der Waals surface area contributed by atoms with Gasteiger partial charge in [-0.1, -0.05) is 24.3 Å². The van der Waals surface area contributed by atoms with Crippen molar-refractivity contribution in [3.63, 3.8) is 0 Å². The lowest BCUT2D eigenvalue weighted by molar-refractivity contribution is 0.149. The normalized spacial score (nSPS) is 10.9. The molecule has 0 atom stereocenters. The molecule has 0 aliphatic heterocycles. The Morgan fingerprint density at radius 1 is 1.13 bits per heavy atom. The van der Waals surface area contributed by atoms with Crippen molar-refractivity contribution in [2.45, 2.75) is 25.7 Å². The fourth-order valence-electron chi connectivity index (χ4n) is 1.49. The van der Waals surface area contributed by atoms with Crippen LogP contribution < -0.4 is 5.32 Å². The van der Waals surface area contributed by atoms with Gasteiger partial charge < -0.3 is 5.32 Å². The van der Waals surface area contributed by atoms with E-state index in [-0.39, 0.29) is 6.42 Å². The van der Waals surface area contributed by atoms with E-state index in [9.17, 15) is 8.78 Å². The van der Waals surface area contributed by atoms with Crippen molar-refractivity contribution >= 4 is 0 Å². The molecule has 0 fully saturated rings. The third-order valence-electron chi connectivity index (χ3n) is 2.31. The molecule has 1 N–H and O–H groups in total. The Balaban J connectivity index is 2.42. The summed E-state index contributed by atoms with van der Waals surface area (Å²) in [5.41, 5.74) is 1.92. The molecule has 0 aliphatic rings. The van der Waals surface area contributed by atoms with Crippen LogP contribution in [0.3, 0.4) is 0 Å². The topological polar surface area (TPSA) is 12.0 Å². The summed E-state index contributed by atoms with van der Waals surface area (Å²) in [5.74, 6) is 0. The zero-order valence-corrected chi connectivity index (χ0v) is 8.97. The molecule has 1 rings (SSSR count). The second kappa shape index (κ2) is 6.51. The number of hydrogen-bond acceptors (Lipinski definition) is 1. The Labute approximate surface area is 89.5 Å². The van der Waals surface area contributed by atoms with Gasteiger partial charge in [0, 0.05) is 6.42 Å². The first-order chi connectivity index (χ1) is 7.22. The maximum atomic E-state index is 12.1. The molecule has 15 heavy (non-hydrogen) atoms. The quantitative estimate of drug-likeness (QED) is 0.716. The average Bonchev–Trinajstić information content (AvgIpc) is 2.20. The van der Waals surface area contributed by atoms with E-state index in [1.807, 2.05) is 19.2 Å². The standard InChI is InChI=1S/C12H17F2N/c1-15-8-2-3-10-4-6-11(7-5-10)9-12(13)14/h4-7,12,15H,2-3,8-9H2,1H3. The van der Waals surface area contributed by atoms with Gasteiger partial charge >= 0.3 is 0 Å². The Morgan fingerprint density at radius 3 is 2.27 bits per heavy atom. The highest BCUT2D eigenvalue weighted by Crippen LogP contribution is 2.10. The molecule has 0 bridgehead atoms. The molecule has 3 heteroatoms. The SMILES string of the molecule is CNCCCc1ccc(CC(F)F)cc1. The van der Waals surface area contributed by atoms with Crippen LogP contribution in [-0.2, 0) is 12.8 Å². The van der Waals surface area contributed by atoms with Gasteiger partial charge in [-0.2, -0.15) is 0 Å². The second-order valence-electron chi connectivity index (χ2n) is 3.62. The summed E-state index contributed by atoms with van der Waals surface area (Å²) in [6.45, 7) is 0.985. The predicted molar refractivity (Wildman–Crippen MR) is 58.4 cm³/mol. The van der Waals surface area contributed by atoms with E-state index in [0.717, 1.165) is 19.4 Å². The van der Waals surface area contributed by atoms with Gasteiger partial charge in [-0.3, -0.25) is 0 Å². The van der Waals surface area contributed by atoms with Crippen LogP contribution in [-0.4, -0.2) is 20.0 Å². The molecule has 0 aromatic heterocycles. The zero-order valence-electron chi connectivity index (χ0n) is 8.97. The lowest BCUT2D eigenvalue weighted by Crippen LogP contribution is -2.08. The largest absolute Gasteiger partial charge is 0.320 e. The fourth-order valence-corrected chi connectivity index (χ4v) is 1.49. The minimum atomic E-state index is -2.25. The van der Waals surface area contributed by atoms with E-state index in [4.69, 9.17) is 0 Å². The Kier molecular flexibility index (Phi) is 5.26. The van der Waals surface area contributed by atoms with Crippen molar-refractivity contribution in [2.75, 3.05) is 13.6 Å². The Hall–Kier alpha value is -0.960. The molecule has 0 unspecified atom stereocenters. The number of aryl methyl sites for hydroxylation is 1. The van der Waals surface area contributed by atoms with Crippen molar-refractivity contribution < 1.29 is 8.78 Å². The van der Waals surface area contributed by atoms with E-state index in [0.29, 0.717) is 5.56 Å². The smallest absolute Gasteiger partial charge is 0.242 e. The number of alkyl halides is 2. The molecule has 0 radical (unpaired) electrons. The second-order valence-corrected chi connectivity index (χ2v) is 3.62. The van der Waals surface area contributed by atoms with Crippen LogP contribution in [0.4, 0.5) is 8.78 Å². The summed E-state index contributed by atoms with van der Waals surface area (Å²) in [5, 5.41) is 3.08. The molecule has 0 spiro atoms. The number of nitrogens with one attached hydrogen (secondary N) is 1. The first kappa shape index (κ1) is 12.1.